The second kappa shape index (κ2) is 10.8. The first kappa shape index (κ1) is 23.3. The summed E-state index contributed by atoms with van der Waals surface area (Å²) >= 11 is 1.35. The van der Waals surface area contributed by atoms with Crippen LogP contribution in [0.15, 0.2) is 88.8 Å². The Labute approximate surface area is 200 Å². The van der Waals surface area contributed by atoms with Crippen LogP contribution >= 0.6 is 11.8 Å². The predicted molar refractivity (Wildman–Crippen MR) is 134 cm³/mol. The first-order valence-electron chi connectivity index (χ1n) is 10.8. The molecule has 7 nitrogen and oxygen atoms in total. The Morgan fingerprint density at radius 2 is 1.68 bits per heavy atom. The highest BCUT2D eigenvalue weighted by atomic mass is 32.2. The molecular formula is C26H23N3O4S. The minimum Gasteiger partial charge on any atom is -0.462 e. The van der Waals surface area contributed by atoms with Gasteiger partial charge in [-0.2, -0.15) is 0 Å². The predicted octanol–water partition coefficient (Wildman–Crippen LogP) is 4.68. The molecule has 1 aromatic heterocycles. The Hall–Kier alpha value is -3.91. The lowest BCUT2D eigenvalue weighted by molar-refractivity contribution is -0.115. The summed E-state index contributed by atoms with van der Waals surface area (Å²) in [5.74, 6) is -0.139. The minimum absolute atomic E-state index is 0.148. The summed E-state index contributed by atoms with van der Waals surface area (Å²) in [5, 5.41) is 3.89. The van der Waals surface area contributed by atoms with Gasteiger partial charge in [0.25, 0.3) is 5.56 Å². The Bertz CT molecular complexity index is 1370. The van der Waals surface area contributed by atoms with Crippen molar-refractivity contribution in [2.24, 2.45) is 0 Å². The molecule has 1 amide bonds. The Morgan fingerprint density at radius 3 is 2.41 bits per heavy atom. The summed E-state index contributed by atoms with van der Waals surface area (Å²) in [4.78, 5) is 42.1. The summed E-state index contributed by atoms with van der Waals surface area (Å²) in [5.41, 5.74) is 2.21. The van der Waals surface area contributed by atoms with Crippen LogP contribution in [0, 0.1) is 0 Å². The van der Waals surface area contributed by atoms with Gasteiger partial charge in [-0.25, -0.2) is 9.78 Å². The smallest absolute Gasteiger partial charge is 0.338 e. The monoisotopic (exact) mass is 473 g/mol. The first-order chi connectivity index (χ1) is 16.6. The summed E-state index contributed by atoms with van der Waals surface area (Å²) in [6.07, 6.45) is 0.224. The van der Waals surface area contributed by atoms with Crippen molar-refractivity contribution in [3.05, 3.63) is 94.8 Å². The van der Waals surface area contributed by atoms with Gasteiger partial charge in [0.1, 0.15) is 0 Å². The van der Waals surface area contributed by atoms with Gasteiger partial charge in [0.15, 0.2) is 5.16 Å². The largest absolute Gasteiger partial charge is 0.462 e. The fraction of sp³-hybridized carbons (Fsp3) is 0.154. The van der Waals surface area contributed by atoms with Gasteiger partial charge in [-0.15, -0.1) is 0 Å². The first-order valence-corrected chi connectivity index (χ1v) is 11.8. The zero-order chi connectivity index (χ0) is 23.9. The van der Waals surface area contributed by atoms with Gasteiger partial charge in [0.05, 0.1) is 28.8 Å². The zero-order valence-electron chi connectivity index (χ0n) is 18.6. The topological polar surface area (TPSA) is 90.3 Å². The van der Waals surface area contributed by atoms with Crippen LogP contribution in [0.1, 0.15) is 23.7 Å². The van der Waals surface area contributed by atoms with Crippen LogP contribution in [-0.4, -0.2) is 33.8 Å². The van der Waals surface area contributed by atoms with Gasteiger partial charge in [-0.1, -0.05) is 42.1 Å². The van der Waals surface area contributed by atoms with Gasteiger partial charge in [0.2, 0.25) is 5.91 Å². The van der Waals surface area contributed by atoms with Crippen LogP contribution in [-0.2, 0) is 9.53 Å². The van der Waals surface area contributed by atoms with Gasteiger partial charge in [-0.05, 0) is 55.5 Å². The average Bonchev–Trinajstić information content (AvgIpc) is 2.85. The van der Waals surface area contributed by atoms with Gasteiger partial charge >= 0.3 is 5.97 Å². The molecule has 4 aromatic rings. The molecule has 0 bridgehead atoms. The number of nitrogens with one attached hydrogen (secondary N) is 1. The third kappa shape index (κ3) is 5.35. The molecular weight excluding hydrogens is 450 g/mol. The van der Waals surface area contributed by atoms with Gasteiger partial charge < -0.3 is 10.1 Å². The highest BCUT2D eigenvalue weighted by Crippen LogP contribution is 2.22. The SMILES string of the molecule is CCOC(=O)c1ccc(NC(=O)CCSc2nc3ccccc3c(=O)n2-c2ccccc2)cc1. The van der Waals surface area contributed by atoms with Crippen LogP contribution in [0.3, 0.4) is 0 Å². The second-order valence-electron chi connectivity index (χ2n) is 7.33. The van der Waals surface area contributed by atoms with Crippen LogP contribution in [0.5, 0.6) is 0 Å². The number of amides is 1. The maximum absolute atomic E-state index is 13.2. The van der Waals surface area contributed by atoms with Crippen molar-refractivity contribution >= 4 is 40.2 Å². The quantitative estimate of drug-likeness (QED) is 0.227. The van der Waals surface area contributed by atoms with E-state index in [9.17, 15) is 14.4 Å². The molecule has 0 aliphatic rings. The lowest BCUT2D eigenvalue weighted by atomic mass is 10.2. The van der Waals surface area contributed by atoms with E-state index in [-0.39, 0.29) is 17.9 Å². The molecule has 1 N–H and O–H groups in total. The third-order valence-electron chi connectivity index (χ3n) is 5.00. The molecule has 0 aliphatic heterocycles. The maximum Gasteiger partial charge on any atom is 0.338 e. The minimum atomic E-state index is -0.399. The van der Waals surface area contributed by atoms with E-state index in [1.165, 1.54) is 11.8 Å². The number of carbonyl (C=O) groups excluding carboxylic acids is 2. The molecule has 4 rings (SSSR count). The number of nitrogens with zero attached hydrogens (tertiary/aromatic N) is 2. The summed E-state index contributed by atoms with van der Waals surface area (Å²) in [6, 6.07) is 23.1. The molecule has 0 saturated carbocycles. The summed E-state index contributed by atoms with van der Waals surface area (Å²) in [6.45, 7) is 2.05. The number of anilines is 1. The van der Waals surface area contributed by atoms with E-state index in [0.29, 0.717) is 39.7 Å². The van der Waals surface area contributed by atoms with E-state index < -0.39 is 5.97 Å². The van der Waals surface area contributed by atoms with E-state index in [0.717, 1.165) is 5.69 Å². The highest BCUT2D eigenvalue weighted by Gasteiger charge is 2.14. The Kier molecular flexibility index (Phi) is 7.39. The van der Waals surface area contributed by atoms with Crippen molar-refractivity contribution in [2.45, 2.75) is 18.5 Å². The fourth-order valence-corrected chi connectivity index (χ4v) is 4.33. The van der Waals surface area contributed by atoms with Crippen molar-refractivity contribution in [3.63, 3.8) is 0 Å². The lowest BCUT2D eigenvalue weighted by Crippen LogP contribution is -2.22. The van der Waals surface area contributed by atoms with Gasteiger partial charge in [-0.3, -0.25) is 14.2 Å². The van der Waals surface area contributed by atoms with Crippen LogP contribution in [0.25, 0.3) is 16.6 Å². The van der Waals surface area contributed by atoms with E-state index in [1.807, 2.05) is 48.5 Å². The van der Waals surface area contributed by atoms with Crippen LogP contribution in [0.2, 0.25) is 0 Å². The molecule has 0 unspecified atom stereocenters. The number of rotatable bonds is 8. The van der Waals surface area contributed by atoms with Crippen LogP contribution in [0.4, 0.5) is 5.69 Å². The maximum atomic E-state index is 13.2. The van der Waals surface area contributed by atoms with E-state index >= 15 is 0 Å². The average molecular weight is 474 g/mol. The number of hydrogen-bond donors (Lipinski definition) is 1. The van der Waals surface area contributed by atoms with Gasteiger partial charge in [0, 0.05) is 17.9 Å². The molecule has 3 aromatic carbocycles. The fourth-order valence-electron chi connectivity index (χ4n) is 3.38. The number of aromatic nitrogens is 2. The Balaban J connectivity index is 1.46. The standard InChI is InChI=1S/C26H23N3O4S/c1-2-33-25(32)18-12-14-19(15-13-18)27-23(30)16-17-34-26-28-22-11-7-6-10-21(22)24(31)29(26)20-8-4-3-5-9-20/h3-15H,2,16-17H2,1H3,(H,27,30). The van der Waals surface area contributed by atoms with Crippen molar-refractivity contribution in [3.8, 4) is 5.69 Å². The molecule has 0 fully saturated rings. The molecule has 172 valence electrons. The van der Waals surface area contributed by atoms with Crippen molar-refractivity contribution in [1.29, 1.82) is 0 Å². The van der Waals surface area contributed by atoms with E-state index in [1.54, 1.807) is 41.8 Å². The molecule has 0 atom stereocenters. The van der Waals surface area contributed by atoms with Crippen molar-refractivity contribution in [1.82, 2.24) is 9.55 Å². The molecule has 0 saturated heterocycles. The number of para-hydroxylation sites is 2. The number of esters is 1. The molecule has 0 aliphatic carbocycles. The number of thioether (sulfide) groups is 1. The molecule has 0 radical (unpaired) electrons. The van der Waals surface area contributed by atoms with E-state index in [4.69, 9.17) is 4.74 Å². The normalized spacial score (nSPS) is 10.7. The molecule has 34 heavy (non-hydrogen) atoms. The summed E-state index contributed by atoms with van der Waals surface area (Å²) in [7, 11) is 0. The number of fused-ring (bicyclic) bond motifs is 1. The molecule has 1 heterocycles. The number of benzene rings is 3. The Morgan fingerprint density at radius 1 is 0.971 bits per heavy atom. The zero-order valence-corrected chi connectivity index (χ0v) is 19.4. The molecule has 8 heteroatoms. The van der Waals surface area contributed by atoms with E-state index in [2.05, 4.69) is 10.3 Å². The number of ether oxygens (including phenoxy) is 1. The highest BCUT2D eigenvalue weighted by molar-refractivity contribution is 7.99. The molecule has 0 spiro atoms. The summed E-state index contributed by atoms with van der Waals surface area (Å²) < 4.78 is 6.54. The van der Waals surface area contributed by atoms with Crippen molar-refractivity contribution < 1.29 is 14.3 Å². The third-order valence-corrected chi connectivity index (χ3v) is 5.94. The number of carbonyl (C=O) groups is 2. The lowest BCUT2D eigenvalue weighted by Gasteiger charge is -2.13. The second-order valence-corrected chi connectivity index (χ2v) is 8.39. The van der Waals surface area contributed by atoms with Crippen molar-refractivity contribution in [2.75, 3.05) is 17.7 Å². The number of hydrogen-bond acceptors (Lipinski definition) is 6. The van der Waals surface area contributed by atoms with Crippen LogP contribution < -0.4 is 10.9 Å².